The van der Waals surface area contributed by atoms with Crippen LogP contribution in [0.3, 0.4) is 0 Å². The Balaban J connectivity index is 2.11. The molecule has 0 atom stereocenters. The fourth-order valence-electron chi connectivity index (χ4n) is 1.97. The highest BCUT2D eigenvalue weighted by Gasteiger charge is 2.49. The third-order valence-corrected chi connectivity index (χ3v) is 4.77. The van der Waals surface area contributed by atoms with Crippen molar-refractivity contribution in [3.63, 3.8) is 0 Å². The van der Waals surface area contributed by atoms with Crippen molar-refractivity contribution in [2.45, 2.75) is 52.7 Å². The molecule has 0 radical (unpaired) electrons. The first-order valence-electron chi connectivity index (χ1n) is 6.32. The van der Waals surface area contributed by atoms with Gasteiger partial charge in [-0.05, 0) is 53.2 Å². The second kappa shape index (κ2) is 4.51. The largest absolute Gasteiger partial charge is 0.487 e. The molecule has 0 aromatic carbocycles. The first kappa shape index (κ1) is 13.8. The van der Waals surface area contributed by atoms with Gasteiger partial charge in [0.25, 0.3) is 0 Å². The topological polar surface area (TPSA) is 18.5 Å². The monoisotopic (exact) mass is 264 g/mol. The van der Waals surface area contributed by atoms with Gasteiger partial charge in [-0.15, -0.1) is 11.3 Å². The van der Waals surface area contributed by atoms with E-state index in [2.05, 4.69) is 53.7 Å². The van der Waals surface area contributed by atoms with Gasteiger partial charge >= 0.3 is 7.12 Å². The molecule has 0 bridgehead atoms. The van der Waals surface area contributed by atoms with Crippen LogP contribution in [0.25, 0.3) is 6.08 Å². The van der Waals surface area contributed by atoms with E-state index in [1.54, 1.807) is 0 Å². The van der Waals surface area contributed by atoms with Crippen LogP contribution in [0.5, 0.6) is 0 Å². The van der Waals surface area contributed by atoms with Crippen LogP contribution < -0.4 is 0 Å². The summed E-state index contributed by atoms with van der Waals surface area (Å²) in [5.74, 6) is 2.00. The average molecular weight is 264 g/mol. The van der Waals surface area contributed by atoms with Gasteiger partial charge in [-0.3, -0.25) is 0 Å². The maximum atomic E-state index is 5.93. The van der Waals surface area contributed by atoms with Crippen LogP contribution in [0.2, 0.25) is 0 Å². The summed E-state index contributed by atoms with van der Waals surface area (Å²) in [4.78, 5) is 2.67. The number of hydrogen-bond donors (Lipinski definition) is 0. The van der Waals surface area contributed by atoms with Gasteiger partial charge in [-0.1, -0.05) is 12.1 Å². The maximum Gasteiger partial charge on any atom is 0.487 e. The fourth-order valence-corrected chi connectivity index (χ4v) is 2.88. The van der Waals surface area contributed by atoms with Crippen molar-refractivity contribution in [2.24, 2.45) is 0 Å². The van der Waals surface area contributed by atoms with Gasteiger partial charge in [0.05, 0.1) is 11.2 Å². The van der Waals surface area contributed by atoms with E-state index in [0.29, 0.717) is 0 Å². The fraction of sp³-hybridized carbons (Fsp3) is 0.571. The molecule has 2 nitrogen and oxygen atoms in total. The standard InChI is InChI=1S/C14H21BO2S/c1-10-9-12(11(2)18-10)7-8-15-16-13(3,4)14(5,6)17-15/h7-9H,1-6H3/b8-7+. The van der Waals surface area contributed by atoms with Crippen LogP contribution in [-0.4, -0.2) is 18.3 Å². The van der Waals surface area contributed by atoms with Crippen LogP contribution in [0.4, 0.5) is 0 Å². The molecule has 2 rings (SSSR count). The molecule has 98 valence electrons. The van der Waals surface area contributed by atoms with Crippen LogP contribution >= 0.6 is 11.3 Å². The first-order chi connectivity index (χ1) is 8.21. The molecule has 0 amide bonds. The molecule has 1 aliphatic rings. The van der Waals surface area contributed by atoms with Crippen LogP contribution in [-0.2, 0) is 9.31 Å². The highest BCUT2D eigenvalue weighted by Crippen LogP contribution is 2.37. The molecule has 1 saturated heterocycles. The van der Waals surface area contributed by atoms with Gasteiger partial charge in [0.15, 0.2) is 0 Å². The lowest BCUT2D eigenvalue weighted by atomic mass is 9.89. The second-order valence-electron chi connectivity index (χ2n) is 5.85. The Labute approximate surface area is 114 Å². The molecular weight excluding hydrogens is 243 g/mol. The molecule has 1 aliphatic heterocycles. The van der Waals surface area contributed by atoms with Gasteiger partial charge in [0.1, 0.15) is 0 Å². The van der Waals surface area contributed by atoms with Gasteiger partial charge in [-0.25, -0.2) is 0 Å². The van der Waals surface area contributed by atoms with E-state index in [-0.39, 0.29) is 18.3 Å². The lowest BCUT2D eigenvalue weighted by molar-refractivity contribution is 0.00578. The number of thiophene rings is 1. The van der Waals surface area contributed by atoms with Crippen LogP contribution in [0.15, 0.2) is 12.0 Å². The average Bonchev–Trinajstić information content (AvgIpc) is 2.61. The van der Waals surface area contributed by atoms with E-state index >= 15 is 0 Å². The zero-order valence-electron chi connectivity index (χ0n) is 12.0. The quantitative estimate of drug-likeness (QED) is 0.751. The summed E-state index contributed by atoms with van der Waals surface area (Å²) in [7, 11) is -0.255. The minimum Gasteiger partial charge on any atom is -0.400 e. The molecule has 1 fully saturated rings. The zero-order valence-corrected chi connectivity index (χ0v) is 12.9. The molecule has 1 aromatic heterocycles. The lowest BCUT2D eigenvalue weighted by Gasteiger charge is -2.32. The summed E-state index contributed by atoms with van der Waals surface area (Å²) in [6.07, 6.45) is 2.10. The Bertz CT molecular complexity index is 458. The van der Waals surface area contributed by atoms with Gasteiger partial charge in [-0.2, -0.15) is 0 Å². The molecule has 0 spiro atoms. The SMILES string of the molecule is Cc1cc(/C=C/B2OC(C)(C)C(C)(C)O2)c(C)s1. The van der Waals surface area contributed by atoms with Crippen molar-refractivity contribution >= 4 is 24.5 Å². The lowest BCUT2D eigenvalue weighted by Crippen LogP contribution is -2.41. The van der Waals surface area contributed by atoms with Gasteiger partial charge in [0, 0.05) is 9.75 Å². The van der Waals surface area contributed by atoms with Crippen molar-refractivity contribution in [1.29, 1.82) is 0 Å². The number of aryl methyl sites for hydroxylation is 2. The minimum atomic E-state index is -0.262. The second-order valence-corrected chi connectivity index (χ2v) is 7.31. The highest BCUT2D eigenvalue weighted by molar-refractivity contribution is 7.12. The molecule has 1 aromatic rings. The van der Waals surface area contributed by atoms with Crippen molar-refractivity contribution in [1.82, 2.24) is 0 Å². The smallest absolute Gasteiger partial charge is 0.400 e. The van der Waals surface area contributed by atoms with E-state index in [1.807, 2.05) is 17.3 Å². The van der Waals surface area contributed by atoms with E-state index < -0.39 is 0 Å². The predicted molar refractivity (Wildman–Crippen MR) is 78.9 cm³/mol. The van der Waals surface area contributed by atoms with E-state index in [1.165, 1.54) is 15.3 Å². The highest BCUT2D eigenvalue weighted by atomic mass is 32.1. The molecule has 0 N–H and O–H groups in total. The molecule has 0 saturated carbocycles. The van der Waals surface area contributed by atoms with Gasteiger partial charge in [0.2, 0.25) is 0 Å². The normalized spacial score (nSPS) is 22.0. The van der Waals surface area contributed by atoms with Gasteiger partial charge < -0.3 is 9.31 Å². The summed E-state index contributed by atoms with van der Waals surface area (Å²) >= 11 is 1.82. The van der Waals surface area contributed by atoms with Crippen molar-refractivity contribution < 1.29 is 9.31 Å². The number of hydrogen-bond acceptors (Lipinski definition) is 3. The number of rotatable bonds is 2. The molecule has 18 heavy (non-hydrogen) atoms. The Morgan fingerprint density at radius 1 is 1.11 bits per heavy atom. The third kappa shape index (κ3) is 2.56. The summed E-state index contributed by atoms with van der Waals surface area (Å²) in [5, 5.41) is 0. The Morgan fingerprint density at radius 3 is 2.11 bits per heavy atom. The summed E-state index contributed by atoms with van der Waals surface area (Å²) < 4.78 is 11.9. The maximum absolute atomic E-state index is 5.93. The molecule has 0 unspecified atom stereocenters. The molecule has 4 heteroatoms. The summed E-state index contributed by atoms with van der Waals surface area (Å²) in [5.41, 5.74) is 0.732. The van der Waals surface area contributed by atoms with Crippen LogP contribution in [0.1, 0.15) is 43.0 Å². The van der Waals surface area contributed by atoms with E-state index in [4.69, 9.17) is 9.31 Å². The van der Waals surface area contributed by atoms with E-state index in [9.17, 15) is 0 Å². The summed E-state index contributed by atoms with van der Waals surface area (Å²) in [6.45, 7) is 12.6. The van der Waals surface area contributed by atoms with E-state index in [0.717, 1.165) is 0 Å². The Hall–Kier alpha value is -0.575. The Morgan fingerprint density at radius 2 is 1.67 bits per heavy atom. The molecular formula is C14H21BO2S. The first-order valence-corrected chi connectivity index (χ1v) is 7.14. The van der Waals surface area contributed by atoms with Crippen molar-refractivity contribution in [2.75, 3.05) is 0 Å². The predicted octanol–water partition coefficient (Wildman–Crippen LogP) is 4.01. The molecule has 0 aliphatic carbocycles. The van der Waals surface area contributed by atoms with Crippen LogP contribution in [0, 0.1) is 13.8 Å². The summed E-state index contributed by atoms with van der Waals surface area (Å²) in [6, 6.07) is 2.20. The third-order valence-electron chi connectivity index (χ3n) is 3.78. The van der Waals surface area contributed by atoms with Crippen molar-refractivity contribution in [3.8, 4) is 0 Å². The molecule has 2 heterocycles. The minimum absolute atomic E-state index is 0.255. The Kier molecular flexibility index (Phi) is 3.47. The zero-order chi connectivity index (χ0) is 13.6. The van der Waals surface area contributed by atoms with Crippen molar-refractivity contribution in [3.05, 3.63) is 27.4 Å².